The summed E-state index contributed by atoms with van der Waals surface area (Å²) in [6.45, 7) is 0.418. The smallest absolute Gasteiger partial charge is 0.219 e. The fraction of sp³-hybridized carbons (Fsp3) is 0.154. The van der Waals surface area contributed by atoms with E-state index in [1.165, 1.54) is 17.5 Å². The van der Waals surface area contributed by atoms with Crippen molar-refractivity contribution in [2.24, 2.45) is 5.73 Å². The Balaban J connectivity index is 2.01. The molecule has 1 aromatic heterocycles. The van der Waals surface area contributed by atoms with E-state index in [9.17, 15) is 9.59 Å². The molecule has 3 N–H and O–H groups in total. The Morgan fingerprint density at radius 1 is 1.26 bits per heavy atom. The predicted molar refractivity (Wildman–Crippen MR) is 74.3 cm³/mol. The van der Waals surface area contributed by atoms with Gasteiger partial charge < -0.3 is 11.1 Å². The molecule has 1 heterocycles. The molecule has 2 rings (SSSR count). The van der Waals surface area contributed by atoms with Crippen LogP contribution in [0.3, 0.4) is 0 Å². The van der Waals surface area contributed by atoms with Gasteiger partial charge in [0.15, 0.2) is 5.13 Å². The highest BCUT2D eigenvalue weighted by Gasteiger charge is 2.12. The Bertz CT molecular complexity index is 581. The summed E-state index contributed by atoms with van der Waals surface area (Å²) in [6.07, 6.45) is 1.77. The number of rotatable bonds is 6. The molecule has 2 aromatic rings. The van der Waals surface area contributed by atoms with Gasteiger partial charge in [0, 0.05) is 18.5 Å². The van der Waals surface area contributed by atoms with Crippen LogP contribution in [0.2, 0.25) is 0 Å². The fourth-order valence-corrected chi connectivity index (χ4v) is 2.29. The first-order chi connectivity index (χ1) is 9.16. The lowest BCUT2D eigenvalue weighted by Gasteiger charge is -1.98. The number of nitrogens with two attached hydrogens (primary N) is 1. The second-order valence-corrected chi connectivity index (χ2v) is 4.90. The van der Waals surface area contributed by atoms with Crippen molar-refractivity contribution in [3.05, 3.63) is 47.0 Å². The van der Waals surface area contributed by atoms with Crippen LogP contribution in [0.4, 0.5) is 5.13 Å². The van der Waals surface area contributed by atoms with Crippen LogP contribution in [-0.2, 0) is 4.79 Å². The topological polar surface area (TPSA) is 85.1 Å². The van der Waals surface area contributed by atoms with Crippen molar-refractivity contribution in [1.82, 2.24) is 4.98 Å². The number of benzene rings is 1. The van der Waals surface area contributed by atoms with Crippen molar-refractivity contribution in [3.8, 4) is 0 Å². The largest absolute Gasteiger partial charge is 0.370 e. The number of carbonyl (C=O) groups excluding carboxylic acids is 2. The van der Waals surface area contributed by atoms with E-state index < -0.39 is 0 Å². The van der Waals surface area contributed by atoms with Gasteiger partial charge in [-0.1, -0.05) is 41.7 Å². The molecular formula is C13H13N3O2S. The van der Waals surface area contributed by atoms with Crippen molar-refractivity contribution in [1.29, 1.82) is 0 Å². The average Bonchev–Trinajstić information content (AvgIpc) is 2.87. The van der Waals surface area contributed by atoms with Gasteiger partial charge in [-0.25, -0.2) is 4.98 Å². The number of nitrogens with zero attached hydrogens (tertiary/aromatic N) is 1. The molecule has 5 nitrogen and oxygen atoms in total. The zero-order chi connectivity index (χ0) is 13.7. The number of carbonyl (C=O) groups is 2. The molecule has 0 aliphatic heterocycles. The maximum Gasteiger partial charge on any atom is 0.219 e. The van der Waals surface area contributed by atoms with Crippen molar-refractivity contribution in [2.45, 2.75) is 6.42 Å². The summed E-state index contributed by atoms with van der Waals surface area (Å²) in [5.74, 6) is -0.425. The molecule has 0 fully saturated rings. The third kappa shape index (κ3) is 3.62. The van der Waals surface area contributed by atoms with E-state index in [0.717, 1.165) is 0 Å². The van der Waals surface area contributed by atoms with Gasteiger partial charge in [0.1, 0.15) is 0 Å². The van der Waals surface area contributed by atoms with E-state index >= 15 is 0 Å². The van der Waals surface area contributed by atoms with Gasteiger partial charge in [0.25, 0.3) is 0 Å². The zero-order valence-electron chi connectivity index (χ0n) is 10.1. The van der Waals surface area contributed by atoms with Crippen LogP contribution in [0.5, 0.6) is 0 Å². The molecule has 0 saturated carbocycles. The molecule has 0 spiro atoms. The Hall–Kier alpha value is -2.21. The zero-order valence-corrected chi connectivity index (χ0v) is 10.9. The molecular weight excluding hydrogens is 262 g/mol. The van der Waals surface area contributed by atoms with Crippen LogP contribution in [0.15, 0.2) is 36.5 Å². The highest BCUT2D eigenvalue weighted by atomic mass is 32.1. The monoisotopic (exact) mass is 275 g/mol. The van der Waals surface area contributed by atoms with Crippen LogP contribution in [0.1, 0.15) is 21.7 Å². The number of ketones is 1. The number of thiazole rings is 1. The predicted octanol–water partition coefficient (Wildman–Crippen LogP) is 1.66. The standard InChI is InChI=1S/C13H13N3O2S/c14-11(17)6-7-15-13-16-8-10(19-13)12(18)9-4-2-1-3-5-9/h1-5,8H,6-7H2,(H2,14,17)(H,15,16). The molecule has 6 heteroatoms. The van der Waals surface area contributed by atoms with E-state index in [1.807, 2.05) is 18.2 Å². The molecule has 0 saturated heterocycles. The highest BCUT2D eigenvalue weighted by molar-refractivity contribution is 7.17. The van der Waals surface area contributed by atoms with Gasteiger partial charge >= 0.3 is 0 Å². The Morgan fingerprint density at radius 2 is 2.00 bits per heavy atom. The molecule has 19 heavy (non-hydrogen) atoms. The second-order valence-electron chi connectivity index (χ2n) is 3.87. The Labute approximate surface area is 114 Å². The average molecular weight is 275 g/mol. The first kappa shape index (κ1) is 13.2. The number of hydrogen-bond donors (Lipinski definition) is 2. The lowest BCUT2D eigenvalue weighted by atomic mass is 10.1. The van der Waals surface area contributed by atoms with Gasteiger partial charge in [0.05, 0.1) is 11.1 Å². The highest BCUT2D eigenvalue weighted by Crippen LogP contribution is 2.21. The van der Waals surface area contributed by atoms with Crippen LogP contribution in [0.25, 0.3) is 0 Å². The number of anilines is 1. The first-order valence-corrected chi connectivity index (χ1v) is 6.56. The van der Waals surface area contributed by atoms with Crippen LogP contribution < -0.4 is 11.1 Å². The molecule has 98 valence electrons. The molecule has 0 bridgehead atoms. The summed E-state index contributed by atoms with van der Waals surface area (Å²) < 4.78 is 0. The SMILES string of the molecule is NC(=O)CCNc1ncc(C(=O)c2ccccc2)s1. The third-order valence-electron chi connectivity index (χ3n) is 2.41. The first-order valence-electron chi connectivity index (χ1n) is 5.74. The minimum atomic E-state index is -0.371. The summed E-state index contributed by atoms with van der Waals surface area (Å²) >= 11 is 1.26. The van der Waals surface area contributed by atoms with E-state index in [4.69, 9.17) is 5.73 Å². The lowest BCUT2D eigenvalue weighted by molar-refractivity contribution is -0.117. The molecule has 1 amide bonds. The number of aromatic nitrogens is 1. The lowest BCUT2D eigenvalue weighted by Crippen LogP contribution is -2.15. The van der Waals surface area contributed by atoms with Crippen molar-refractivity contribution in [3.63, 3.8) is 0 Å². The van der Waals surface area contributed by atoms with Gasteiger partial charge in [-0.3, -0.25) is 9.59 Å². The summed E-state index contributed by atoms with van der Waals surface area (Å²) in [5.41, 5.74) is 5.67. The van der Waals surface area contributed by atoms with Gasteiger partial charge in [-0.2, -0.15) is 0 Å². The number of primary amides is 1. The minimum Gasteiger partial charge on any atom is -0.370 e. The minimum absolute atomic E-state index is 0.0546. The quantitative estimate of drug-likeness (QED) is 0.785. The summed E-state index contributed by atoms with van der Waals surface area (Å²) in [5, 5.41) is 3.57. The maximum absolute atomic E-state index is 12.1. The van der Waals surface area contributed by atoms with E-state index in [1.54, 1.807) is 12.1 Å². The molecule has 0 radical (unpaired) electrons. The second kappa shape index (κ2) is 6.10. The van der Waals surface area contributed by atoms with Gasteiger partial charge in [0.2, 0.25) is 11.7 Å². The Morgan fingerprint density at radius 3 is 2.68 bits per heavy atom. The molecule has 0 atom stereocenters. The van der Waals surface area contributed by atoms with Gasteiger partial charge in [-0.15, -0.1) is 0 Å². The van der Waals surface area contributed by atoms with E-state index in [-0.39, 0.29) is 18.1 Å². The van der Waals surface area contributed by atoms with E-state index in [0.29, 0.717) is 22.1 Å². The van der Waals surface area contributed by atoms with Crippen molar-refractivity contribution in [2.75, 3.05) is 11.9 Å². The number of amides is 1. The number of hydrogen-bond acceptors (Lipinski definition) is 5. The van der Waals surface area contributed by atoms with Crippen LogP contribution in [-0.4, -0.2) is 23.2 Å². The summed E-state index contributed by atoms with van der Waals surface area (Å²) in [6, 6.07) is 9.03. The molecule has 0 unspecified atom stereocenters. The molecule has 1 aromatic carbocycles. The maximum atomic E-state index is 12.1. The summed E-state index contributed by atoms with van der Waals surface area (Å²) in [4.78, 5) is 27.4. The number of nitrogens with one attached hydrogen (secondary N) is 1. The van der Waals surface area contributed by atoms with Crippen molar-refractivity contribution >= 4 is 28.2 Å². The fourth-order valence-electron chi connectivity index (χ4n) is 1.49. The molecule has 0 aliphatic rings. The third-order valence-corrected chi connectivity index (χ3v) is 3.37. The summed E-state index contributed by atoms with van der Waals surface area (Å²) in [7, 11) is 0. The van der Waals surface area contributed by atoms with Crippen LogP contribution >= 0.6 is 11.3 Å². The van der Waals surface area contributed by atoms with Crippen molar-refractivity contribution < 1.29 is 9.59 Å². The molecule has 0 aliphatic carbocycles. The van der Waals surface area contributed by atoms with Gasteiger partial charge in [-0.05, 0) is 0 Å². The van der Waals surface area contributed by atoms with Crippen LogP contribution in [0, 0.1) is 0 Å². The van der Waals surface area contributed by atoms with E-state index in [2.05, 4.69) is 10.3 Å². The Kier molecular flexibility index (Phi) is 4.25. The normalized spacial score (nSPS) is 10.1.